The van der Waals surface area contributed by atoms with Gasteiger partial charge in [-0.2, -0.15) is 0 Å². The number of hydrogen-bond acceptors (Lipinski definition) is 5. The maximum absolute atomic E-state index is 13.0. The standard InChI is InChI=1S/C22H21ClN2O5/c23-15-4-5-17-19(13-15)30-22(27)25(17)9-7-21(26)24-8-1-2-16(24)14-3-6-18-20(12-14)29-11-10-28-18/h3-6,12-13,16H,1-2,7-11H2. The highest BCUT2D eigenvalue weighted by molar-refractivity contribution is 6.31. The van der Waals surface area contributed by atoms with Crippen molar-refractivity contribution in [3.8, 4) is 11.5 Å². The first-order valence-corrected chi connectivity index (χ1v) is 10.5. The highest BCUT2D eigenvalue weighted by Gasteiger charge is 2.30. The number of carbonyl (C=O) groups excluding carboxylic acids is 1. The number of aryl methyl sites for hydroxylation is 1. The van der Waals surface area contributed by atoms with Crippen molar-refractivity contribution in [1.29, 1.82) is 0 Å². The second-order valence-corrected chi connectivity index (χ2v) is 7.97. The third kappa shape index (κ3) is 3.43. The molecule has 30 heavy (non-hydrogen) atoms. The van der Waals surface area contributed by atoms with Crippen molar-refractivity contribution in [2.24, 2.45) is 0 Å². The number of carbonyl (C=O) groups is 1. The van der Waals surface area contributed by atoms with Gasteiger partial charge in [0.2, 0.25) is 5.91 Å². The summed E-state index contributed by atoms with van der Waals surface area (Å²) in [5, 5.41) is 0.499. The Labute approximate surface area is 177 Å². The summed E-state index contributed by atoms with van der Waals surface area (Å²) < 4.78 is 18.0. The van der Waals surface area contributed by atoms with Crippen molar-refractivity contribution in [3.05, 3.63) is 57.5 Å². The Hall–Kier alpha value is -2.93. The lowest BCUT2D eigenvalue weighted by Gasteiger charge is -2.27. The van der Waals surface area contributed by atoms with E-state index in [2.05, 4.69) is 0 Å². The summed E-state index contributed by atoms with van der Waals surface area (Å²) in [6, 6.07) is 10.9. The third-order valence-corrected chi connectivity index (χ3v) is 5.94. The number of benzene rings is 2. The van der Waals surface area contributed by atoms with Gasteiger partial charge in [-0.25, -0.2) is 4.79 Å². The predicted molar refractivity (Wildman–Crippen MR) is 111 cm³/mol. The Bertz CT molecular complexity index is 1170. The minimum atomic E-state index is -0.482. The van der Waals surface area contributed by atoms with Crippen LogP contribution in [-0.2, 0) is 11.3 Å². The molecule has 0 saturated carbocycles. The Morgan fingerprint density at radius 3 is 2.80 bits per heavy atom. The van der Waals surface area contributed by atoms with Crippen molar-refractivity contribution < 1.29 is 18.7 Å². The van der Waals surface area contributed by atoms with Crippen molar-refractivity contribution in [2.45, 2.75) is 31.8 Å². The molecule has 3 aromatic rings. The average Bonchev–Trinajstić information content (AvgIpc) is 3.35. The molecule has 156 valence electrons. The van der Waals surface area contributed by atoms with E-state index in [0.717, 1.165) is 29.9 Å². The molecule has 0 radical (unpaired) electrons. The summed E-state index contributed by atoms with van der Waals surface area (Å²) in [7, 11) is 0. The minimum absolute atomic E-state index is 0.00458. The van der Waals surface area contributed by atoms with Crippen LogP contribution >= 0.6 is 11.6 Å². The zero-order valence-corrected chi connectivity index (χ0v) is 17.1. The van der Waals surface area contributed by atoms with Gasteiger partial charge in [-0.3, -0.25) is 9.36 Å². The number of rotatable bonds is 4. The molecular formula is C22H21ClN2O5. The van der Waals surface area contributed by atoms with Crippen LogP contribution in [0.4, 0.5) is 0 Å². The van der Waals surface area contributed by atoms with E-state index in [1.807, 2.05) is 23.1 Å². The molecule has 0 N–H and O–H groups in total. The lowest BCUT2D eigenvalue weighted by molar-refractivity contribution is -0.132. The lowest BCUT2D eigenvalue weighted by atomic mass is 10.0. The third-order valence-electron chi connectivity index (χ3n) is 5.70. The largest absolute Gasteiger partial charge is 0.486 e. The zero-order chi connectivity index (χ0) is 20.7. The molecule has 2 aromatic carbocycles. The fourth-order valence-corrected chi connectivity index (χ4v) is 4.44. The normalized spacial score (nSPS) is 18.2. The molecule has 0 spiro atoms. The first-order valence-electron chi connectivity index (χ1n) is 10.1. The van der Waals surface area contributed by atoms with Gasteiger partial charge in [0.15, 0.2) is 17.1 Å². The lowest BCUT2D eigenvalue weighted by Crippen LogP contribution is -2.32. The molecule has 1 saturated heterocycles. The topological polar surface area (TPSA) is 73.9 Å². The molecular weight excluding hydrogens is 408 g/mol. The predicted octanol–water partition coefficient (Wildman–Crippen LogP) is 3.77. The SMILES string of the molecule is O=C(CCn1c(=O)oc2cc(Cl)ccc21)N1CCCC1c1ccc2c(c1)OCCO2. The second-order valence-electron chi connectivity index (χ2n) is 7.53. The number of ether oxygens (including phenoxy) is 2. The smallest absolute Gasteiger partial charge is 0.419 e. The number of halogens is 1. The van der Waals surface area contributed by atoms with Crippen molar-refractivity contribution in [3.63, 3.8) is 0 Å². The van der Waals surface area contributed by atoms with E-state index >= 15 is 0 Å². The Morgan fingerprint density at radius 2 is 1.93 bits per heavy atom. The summed E-state index contributed by atoms with van der Waals surface area (Å²) in [5.74, 6) is 1.01. The molecule has 7 nitrogen and oxygen atoms in total. The summed E-state index contributed by atoms with van der Waals surface area (Å²) in [6.45, 7) is 2.04. The molecule has 0 bridgehead atoms. The molecule has 2 aliphatic rings. The average molecular weight is 429 g/mol. The molecule has 8 heteroatoms. The van der Waals surface area contributed by atoms with Crippen LogP contribution in [0.3, 0.4) is 0 Å². The number of amides is 1. The van der Waals surface area contributed by atoms with Gasteiger partial charge in [-0.05, 0) is 42.7 Å². The molecule has 0 aliphatic carbocycles. The van der Waals surface area contributed by atoms with Gasteiger partial charge in [0.05, 0.1) is 11.6 Å². The number of aromatic nitrogens is 1. The second kappa shape index (κ2) is 7.72. The number of nitrogens with zero attached hydrogens (tertiary/aromatic N) is 2. The maximum atomic E-state index is 13.0. The monoisotopic (exact) mass is 428 g/mol. The molecule has 1 atom stereocenters. The molecule has 1 aromatic heterocycles. The van der Waals surface area contributed by atoms with Gasteiger partial charge in [-0.1, -0.05) is 17.7 Å². The summed E-state index contributed by atoms with van der Waals surface area (Å²) in [6.07, 6.45) is 2.06. The first kappa shape index (κ1) is 19.1. The number of hydrogen-bond donors (Lipinski definition) is 0. The van der Waals surface area contributed by atoms with E-state index < -0.39 is 5.76 Å². The van der Waals surface area contributed by atoms with E-state index in [9.17, 15) is 9.59 Å². The van der Waals surface area contributed by atoms with Crippen molar-refractivity contribution in [1.82, 2.24) is 9.47 Å². The van der Waals surface area contributed by atoms with Crippen LogP contribution in [-0.4, -0.2) is 35.1 Å². The maximum Gasteiger partial charge on any atom is 0.419 e. The van der Waals surface area contributed by atoms with E-state index in [4.69, 9.17) is 25.5 Å². The van der Waals surface area contributed by atoms with Crippen LogP contribution in [0.5, 0.6) is 11.5 Å². The Balaban J connectivity index is 1.33. The van der Waals surface area contributed by atoms with Crippen LogP contribution in [0.1, 0.15) is 30.9 Å². The molecule has 3 heterocycles. The summed E-state index contributed by atoms with van der Waals surface area (Å²) in [4.78, 5) is 27.1. The molecule has 5 rings (SSSR count). The number of likely N-dealkylation sites (tertiary alicyclic amines) is 1. The van der Waals surface area contributed by atoms with Crippen molar-refractivity contribution in [2.75, 3.05) is 19.8 Å². The Kier molecular flexibility index (Phi) is 4.90. The summed E-state index contributed by atoms with van der Waals surface area (Å²) in [5.41, 5.74) is 2.11. The zero-order valence-electron chi connectivity index (χ0n) is 16.3. The van der Waals surface area contributed by atoms with Crippen LogP contribution in [0.25, 0.3) is 11.1 Å². The molecule has 1 amide bonds. The highest BCUT2D eigenvalue weighted by atomic mass is 35.5. The van der Waals surface area contributed by atoms with Crippen molar-refractivity contribution >= 4 is 28.6 Å². The van der Waals surface area contributed by atoms with E-state index in [-0.39, 0.29) is 24.9 Å². The van der Waals surface area contributed by atoms with Gasteiger partial charge in [0.1, 0.15) is 13.2 Å². The molecule has 1 unspecified atom stereocenters. The van der Waals surface area contributed by atoms with Crippen LogP contribution in [0, 0.1) is 0 Å². The fraction of sp³-hybridized carbons (Fsp3) is 0.364. The molecule has 1 fully saturated rings. The van der Waals surface area contributed by atoms with Crippen LogP contribution < -0.4 is 15.2 Å². The first-order chi connectivity index (χ1) is 14.6. The van der Waals surface area contributed by atoms with Gasteiger partial charge >= 0.3 is 5.76 Å². The van der Waals surface area contributed by atoms with Gasteiger partial charge in [0, 0.05) is 30.6 Å². The Morgan fingerprint density at radius 1 is 1.10 bits per heavy atom. The van der Waals surface area contributed by atoms with Gasteiger partial charge in [0.25, 0.3) is 0 Å². The van der Waals surface area contributed by atoms with Gasteiger partial charge in [-0.15, -0.1) is 0 Å². The highest BCUT2D eigenvalue weighted by Crippen LogP contribution is 2.38. The fourth-order valence-electron chi connectivity index (χ4n) is 4.28. The minimum Gasteiger partial charge on any atom is -0.486 e. The van der Waals surface area contributed by atoms with E-state index in [1.54, 1.807) is 18.2 Å². The van der Waals surface area contributed by atoms with E-state index in [1.165, 1.54) is 4.57 Å². The van der Waals surface area contributed by atoms with Gasteiger partial charge < -0.3 is 18.8 Å². The number of fused-ring (bicyclic) bond motifs is 2. The number of oxazole rings is 1. The molecule has 2 aliphatic heterocycles. The van der Waals surface area contributed by atoms with Crippen LogP contribution in [0.2, 0.25) is 5.02 Å². The van der Waals surface area contributed by atoms with Crippen LogP contribution in [0.15, 0.2) is 45.6 Å². The summed E-state index contributed by atoms with van der Waals surface area (Å²) >= 11 is 5.96. The van der Waals surface area contributed by atoms with E-state index in [0.29, 0.717) is 35.9 Å². The quantitative estimate of drug-likeness (QED) is 0.632.